The van der Waals surface area contributed by atoms with Crippen molar-refractivity contribution in [3.05, 3.63) is 65.7 Å². The summed E-state index contributed by atoms with van der Waals surface area (Å²) < 4.78 is 5.46. The van der Waals surface area contributed by atoms with Crippen molar-refractivity contribution in [3.63, 3.8) is 0 Å². The van der Waals surface area contributed by atoms with Crippen LogP contribution < -0.4 is 5.32 Å². The van der Waals surface area contributed by atoms with Crippen LogP contribution in [0.1, 0.15) is 24.0 Å². The lowest BCUT2D eigenvalue weighted by molar-refractivity contribution is 0.0794. The molecule has 0 aliphatic carbocycles. The lowest BCUT2D eigenvalue weighted by Crippen LogP contribution is -2.46. The molecule has 2 heterocycles. The number of nitrogens with one attached hydrogen (secondary N) is 1. The number of anilines is 1. The zero-order valence-electron chi connectivity index (χ0n) is 14.1. The van der Waals surface area contributed by atoms with Gasteiger partial charge in [-0.1, -0.05) is 48.5 Å². The van der Waals surface area contributed by atoms with Gasteiger partial charge in [-0.3, -0.25) is 0 Å². The highest BCUT2D eigenvalue weighted by molar-refractivity contribution is 5.85. The second kappa shape index (κ2) is 7.36. The van der Waals surface area contributed by atoms with Crippen LogP contribution in [0.3, 0.4) is 0 Å². The van der Waals surface area contributed by atoms with Crippen molar-refractivity contribution < 1.29 is 9.53 Å². The minimum atomic E-state index is -0.201. The molecule has 2 aliphatic heterocycles. The summed E-state index contributed by atoms with van der Waals surface area (Å²) in [5, 5.41) is 3.52. The van der Waals surface area contributed by atoms with E-state index in [4.69, 9.17) is 4.74 Å². The first kappa shape index (κ1) is 17.6. The molecule has 0 aromatic heterocycles. The van der Waals surface area contributed by atoms with E-state index >= 15 is 0 Å². The van der Waals surface area contributed by atoms with Crippen molar-refractivity contribution in [3.8, 4) is 0 Å². The summed E-state index contributed by atoms with van der Waals surface area (Å²) in [6.07, 6.45) is 1.77. The maximum atomic E-state index is 12.3. The molecule has 0 bridgehead atoms. The van der Waals surface area contributed by atoms with Crippen molar-refractivity contribution in [2.75, 3.05) is 25.0 Å². The molecule has 4 rings (SSSR count). The summed E-state index contributed by atoms with van der Waals surface area (Å²) in [5.74, 6) is 0. The quantitative estimate of drug-likeness (QED) is 0.874. The molecule has 0 saturated carbocycles. The molecule has 2 aromatic carbocycles. The van der Waals surface area contributed by atoms with Gasteiger partial charge in [0.25, 0.3) is 0 Å². The SMILES string of the molecule is Cl.O=C(OCc1ccccc1)N1CCC2(CC1)CNc1ccccc12. The average Bonchev–Trinajstić information content (AvgIpc) is 3.00. The minimum Gasteiger partial charge on any atom is -0.445 e. The Morgan fingerprint density at radius 3 is 2.48 bits per heavy atom. The zero-order valence-corrected chi connectivity index (χ0v) is 14.9. The van der Waals surface area contributed by atoms with Gasteiger partial charge in [0.1, 0.15) is 6.61 Å². The molecule has 0 unspecified atom stereocenters. The van der Waals surface area contributed by atoms with Gasteiger partial charge in [0.2, 0.25) is 0 Å². The van der Waals surface area contributed by atoms with E-state index in [1.54, 1.807) is 0 Å². The number of amides is 1. The number of fused-ring (bicyclic) bond motifs is 2. The predicted octanol–water partition coefficient (Wildman–Crippen LogP) is 4.20. The van der Waals surface area contributed by atoms with Crippen LogP contribution in [-0.2, 0) is 16.8 Å². The van der Waals surface area contributed by atoms with Crippen LogP contribution in [0.25, 0.3) is 0 Å². The Kier molecular flexibility index (Phi) is 5.19. The van der Waals surface area contributed by atoms with Gasteiger partial charge in [-0.25, -0.2) is 4.79 Å². The lowest BCUT2D eigenvalue weighted by Gasteiger charge is -2.38. The molecule has 2 aliphatic rings. The zero-order chi connectivity index (χ0) is 16.4. The molecule has 5 heteroatoms. The number of halogens is 1. The third-order valence-corrected chi connectivity index (χ3v) is 5.30. The van der Waals surface area contributed by atoms with Gasteiger partial charge in [-0.05, 0) is 30.0 Å². The molecule has 2 aromatic rings. The van der Waals surface area contributed by atoms with E-state index in [1.165, 1.54) is 11.3 Å². The standard InChI is InChI=1S/C20H22N2O2.ClH/c23-19(24-14-16-6-2-1-3-7-16)22-12-10-20(11-13-22)15-21-18-9-5-4-8-17(18)20;/h1-9,21H,10-15H2;1H. The van der Waals surface area contributed by atoms with Crippen molar-refractivity contribution in [2.24, 2.45) is 0 Å². The van der Waals surface area contributed by atoms with Crippen molar-refractivity contribution in [2.45, 2.75) is 24.9 Å². The summed E-state index contributed by atoms with van der Waals surface area (Å²) >= 11 is 0. The fourth-order valence-corrected chi connectivity index (χ4v) is 3.83. The smallest absolute Gasteiger partial charge is 0.410 e. The van der Waals surface area contributed by atoms with E-state index < -0.39 is 0 Å². The molecule has 1 fully saturated rings. The Hall–Kier alpha value is -2.20. The fourth-order valence-electron chi connectivity index (χ4n) is 3.83. The van der Waals surface area contributed by atoms with Crippen molar-refractivity contribution in [1.82, 2.24) is 4.90 Å². The molecular weight excluding hydrogens is 336 g/mol. The molecule has 4 nitrogen and oxygen atoms in total. The Labute approximate surface area is 154 Å². The van der Waals surface area contributed by atoms with E-state index in [0.29, 0.717) is 6.61 Å². The van der Waals surface area contributed by atoms with Gasteiger partial charge in [0, 0.05) is 30.7 Å². The second-order valence-electron chi connectivity index (χ2n) is 6.71. The first-order valence-corrected chi connectivity index (χ1v) is 8.56. The number of piperidine rings is 1. The minimum absolute atomic E-state index is 0. The lowest BCUT2D eigenvalue weighted by atomic mass is 9.74. The molecule has 132 valence electrons. The van der Waals surface area contributed by atoms with Gasteiger partial charge < -0.3 is 15.0 Å². The summed E-state index contributed by atoms with van der Waals surface area (Å²) in [6, 6.07) is 18.4. The largest absolute Gasteiger partial charge is 0.445 e. The van der Waals surface area contributed by atoms with Gasteiger partial charge in [0.15, 0.2) is 0 Å². The number of ether oxygens (including phenoxy) is 1. The highest BCUT2D eigenvalue weighted by Crippen LogP contribution is 2.43. The van der Waals surface area contributed by atoms with Crippen LogP contribution in [0.5, 0.6) is 0 Å². The van der Waals surface area contributed by atoms with Crippen LogP contribution in [0.15, 0.2) is 54.6 Å². The number of likely N-dealkylation sites (tertiary alicyclic amines) is 1. The molecular formula is C20H23ClN2O2. The van der Waals surface area contributed by atoms with E-state index in [1.807, 2.05) is 35.2 Å². The summed E-state index contributed by atoms with van der Waals surface area (Å²) in [4.78, 5) is 14.2. The molecule has 1 N–H and O–H groups in total. The molecule has 1 amide bonds. The number of hydrogen-bond acceptors (Lipinski definition) is 3. The third-order valence-electron chi connectivity index (χ3n) is 5.30. The molecule has 1 spiro atoms. The number of hydrogen-bond donors (Lipinski definition) is 1. The normalized spacial score (nSPS) is 17.4. The maximum Gasteiger partial charge on any atom is 0.410 e. The predicted molar refractivity (Wildman–Crippen MR) is 101 cm³/mol. The van der Waals surface area contributed by atoms with Crippen molar-refractivity contribution in [1.29, 1.82) is 0 Å². The van der Waals surface area contributed by atoms with Crippen LogP contribution >= 0.6 is 12.4 Å². The first-order valence-electron chi connectivity index (χ1n) is 8.56. The van der Waals surface area contributed by atoms with Crippen LogP contribution in [-0.4, -0.2) is 30.6 Å². The van der Waals surface area contributed by atoms with Crippen LogP contribution in [0.4, 0.5) is 10.5 Å². The van der Waals surface area contributed by atoms with Gasteiger partial charge >= 0.3 is 6.09 Å². The van der Waals surface area contributed by atoms with Crippen molar-refractivity contribution >= 4 is 24.2 Å². The number of nitrogens with zero attached hydrogens (tertiary/aromatic N) is 1. The molecule has 0 radical (unpaired) electrons. The first-order chi connectivity index (χ1) is 11.8. The van der Waals surface area contributed by atoms with Crippen LogP contribution in [0.2, 0.25) is 0 Å². The summed E-state index contributed by atoms with van der Waals surface area (Å²) in [6.45, 7) is 2.82. The maximum absolute atomic E-state index is 12.3. The monoisotopic (exact) mass is 358 g/mol. The number of carbonyl (C=O) groups is 1. The highest BCUT2D eigenvalue weighted by atomic mass is 35.5. The van der Waals surface area contributed by atoms with Gasteiger partial charge in [-0.15, -0.1) is 12.4 Å². The molecule has 1 saturated heterocycles. The third kappa shape index (κ3) is 3.45. The van der Waals surface area contributed by atoms with E-state index in [0.717, 1.165) is 38.0 Å². The fraction of sp³-hybridized carbons (Fsp3) is 0.350. The topological polar surface area (TPSA) is 41.6 Å². The Balaban J connectivity index is 0.00000182. The Morgan fingerprint density at radius 2 is 1.72 bits per heavy atom. The highest BCUT2D eigenvalue weighted by Gasteiger charge is 2.42. The molecule has 0 atom stereocenters. The molecule has 25 heavy (non-hydrogen) atoms. The van der Waals surface area contributed by atoms with E-state index in [2.05, 4.69) is 29.6 Å². The van der Waals surface area contributed by atoms with Gasteiger partial charge in [0.05, 0.1) is 0 Å². The Morgan fingerprint density at radius 1 is 1.04 bits per heavy atom. The second-order valence-corrected chi connectivity index (χ2v) is 6.71. The Bertz CT molecular complexity index is 727. The van der Waals surface area contributed by atoms with Gasteiger partial charge in [-0.2, -0.15) is 0 Å². The number of carbonyl (C=O) groups excluding carboxylic acids is 1. The van der Waals surface area contributed by atoms with E-state index in [-0.39, 0.29) is 23.9 Å². The summed E-state index contributed by atoms with van der Waals surface area (Å²) in [7, 11) is 0. The number of benzene rings is 2. The van der Waals surface area contributed by atoms with E-state index in [9.17, 15) is 4.79 Å². The summed E-state index contributed by atoms with van der Waals surface area (Å²) in [5.41, 5.74) is 3.85. The average molecular weight is 359 g/mol. The number of rotatable bonds is 2. The van der Waals surface area contributed by atoms with Crippen LogP contribution in [0, 0.1) is 0 Å². The number of para-hydroxylation sites is 1.